The number of benzene rings is 3. The van der Waals surface area contributed by atoms with Gasteiger partial charge >= 0.3 is 29.8 Å². The Morgan fingerprint density at radius 2 is 0.531 bits per heavy atom. The Morgan fingerprint density at radius 1 is 0.375 bits per heavy atom. The third-order valence-corrected chi connectivity index (χ3v) is 6.81. The Hall–Kier alpha value is -9.17. The van der Waals surface area contributed by atoms with Gasteiger partial charge in [0.1, 0.15) is 0 Å². The van der Waals surface area contributed by atoms with Crippen molar-refractivity contribution in [3.05, 3.63) is 53.1 Å². The SMILES string of the molecule is CC(=O)OC(C)=O.O=C(O)c1cc(O)c(O)c(O)c1.O=C(O)c1cc(O)c(O)c(O)c1.O=C(O)c1cc(O)c(O)c(O)c1.O=C1CCC(=O)N1.O=C1CCC(=O)N1.O=C1CCC(=O)N1. The normalized spacial score (nSPS) is 12.8. The lowest BCUT2D eigenvalue weighted by molar-refractivity contribution is -0.156. The molecule has 0 bridgehead atoms. The van der Waals surface area contributed by atoms with Crippen LogP contribution in [-0.2, 0) is 43.1 Å². The molecule has 3 aliphatic heterocycles. The Bertz CT molecular complexity index is 1950. The molecule has 3 saturated heterocycles. The molecule has 0 unspecified atom stereocenters. The monoisotopic (exact) mass is 909 g/mol. The third-order valence-electron chi connectivity index (χ3n) is 6.81. The van der Waals surface area contributed by atoms with Gasteiger partial charge in [-0.05, 0) is 36.4 Å². The van der Waals surface area contributed by atoms with Gasteiger partial charge in [0.15, 0.2) is 51.7 Å². The number of aromatic hydroxyl groups is 9. The van der Waals surface area contributed by atoms with Gasteiger partial charge in [0.05, 0.1) is 16.7 Å². The number of carbonyl (C=O) groups excluding carboxylic acids is 8. The number of hydrogen-bond acceptors (Lipinski definition) is 21. The molecule has 3 aliphatic rings. The molecule has 6 amide bonds. The quantitative estimate of drug-likeness (QED) is 0.0704. The van der Waals surface area contributed by atoms with Crippen LogP contribution in [0.1, 0.15) is 83.4 Å². The van der Waals surface area contributed by atoms with Gasteiger partial charge in [0.2, 0.25) is 35.4 Å². The number of phenolic OH excluding ortho intramolecular Hbond substituents is 9. The Kier molecular flexibility index (Phi) is 22.4. The van der Waals surface area contributed by atoms with Crippen molar-refractivity contribution in [1.29, 1.82) is 0 Å². The van der Waals surface area contributed by atoms with E-state index in [1.807, 2.05) is 0 Å². The van der Waals surface area contributed by atoms with E-state index in [2.05, 4.69) is 20.7 Å². The zero-order valence-electron chi connectivity index (χ0n) is 33.0. The van der Waals surface area contributed by atoms with Crippen LogP contribution < -0.4 is 16.0 Å². The van der Waals surface area contributed by atoms with Crippen molar-refractivity contribution in [2.75, 3.05) is 0 Å². The van der Waals surface area contributed by atoms with Crippen molar-refractivity contribution >= 4 is 65.3 Å². The molecule has 3 aromatic rings. The average molecular weight is 910 g/mol. The number of carbonyl (C=O) groups is 11. The maximum atomic E-state index is 10.3. The average Bonchev–Trinajstić information content (AvgIpc) is 3.90. The van der Waals surface area contributed by atoms with E-state index in [0.717, 1.165) is 36.4 Å². The fraction of sp³-hybridized carbons (Fsp3) is 0.216. The van der Waals surface area contributed by atoms with Crippen LogP contribution in [0.5, 0.6) is 51.7 Å². The van der Waals surface area contributed by atoms with Crippen LogP contribution in [0.2, 0.25) is 0 Å². The maximum absolute atomic E-state index is 10.3. The van der Waals surface area contributed by atoms with Gasteiger partial charge in [0, 0.05) is 52.4 Å². The highest BCUT2D eigenvalue weighted by atomic mass is 16.6. The molecule has 15 N–H and O–H groups in total. The predicted molar refractivity (Wildman–Crippen MR) is 205 cm³/mol. The summed E-state index contributed by atoms with van der Waals surface area (Å²) in [4.78, 5) is 111. The van der Waals surface area contributed by atoms with Crippen LogP contribution in [0.15, 0.2) is 36.4 Å². The number of carboxylic acid groups (broad SMARTS) is 3. The minimum atomic E-state index is -1.29. The highest BCUT2D eigenvalue weighted by Crippen LogP contribution is 2.37. The summed E-state index contributed by atoms with van der Waals surface area (Å²) in [5, 5.41) is 111. The van der Waals surface area contributed by atoms with Crippen molar-refractivity contribution in [2.45, 2.75) is 52.4 Å². The molecule has 0 atom stereocenters. The summed E-state index contributed by atoms with van der Waals surface area (Å²) in [6, 6.07) is 5.07. The lowest BCUT2D eigenvalue weighted by Gasteiger charge is -2.01. The van der Waals surface area contributed by atoms with Crippen LogP contribution in [0.25, 0.3) is 0 Å². The second-order valence-electron chi connectivity index (χ2n) is 12.0. The summed E-state index contributed by atoms with van der Waals surface area (Å²) in [5.41, 5.74) is -0.867. The second kappa shape index (κ2) is 26.1. The summed E-state index contributed by atoms with van der Waals surface area (Å²) in [5.74, 6) is -12.0. The molecule has 3 heterocycles. The van der Waals surface area contributed by atoms with Gasteiger partial charge in [-0.15, -0.1) is 0 Å². The number of nitrogens with one attached hydrogen (secondary N) is 3. The molecular weight excluding hydrogens is 870 g/mol. The van der Waals surface area contributed by atoms with Gasteiger partial charge in [-0.25, -0.2) is 14.4 Å². The van der Waals surface area contributed by atoms with E-state index in [0.29, 0.717) is 38.5 Å². The number of phenols is 9. The topological polar surface area (TPSA) is 476 Å². The minimum absolute atomic E-state index is 0.148. The number of rotatable bonds is 3. The Morgan fingerprint density at radius 3 is 0.609 bits per heavy atom. The molecular formula is C37H39N3O24. The number of amides is 6. The summed E-state index contributed by atoms with van der Waals surface area (Å²) >= 11 is 0. The molecule has 0 spiro atoms. The molecule has 3 fully saturated rings. The summed E-state index contributed by atoms with van der Waals surface area (Å²) in [6.07, 6.45) is 2.24. The number of hydrogen-bond donors (Lipinski definition) is 15. The van der Waals surface area contributed by atoms with Crippen molar-refractivity contribution in [2.24, 2.45) is 0 Å². The third kappa shape index (κ3) is 21.2. The van der Waals surface area contributed by atoms with Crippen LogP contribution >= 0.6 is 0 Å². The molecule has 64 heavy (non-hydrogen) atoms. The van der Waals surface area contributed by atoms with Gasteiger partial charge in [-0.1, -0.05) is 0 Å². The molecule has 27 heteroatoms. The first kappa shape index (κ1) is 54.8. The van der Waals surface area contributed by atoms with Crippen molar-refractivity contribution in [3.63, 3.8) is 0 Å². The fourth-order valence-corrected chi connectivity index (χ4v) is 3.91. The summed E-state index contributed by atoms with van der Waals surface area (Å²) in [7, 11) is 0. The van der Waals surface area contributed by atoms with Crippen molar-refractivity contribution < 1.29 is 119 Å². The number of carboxylic acids is 3. The number of aromatic carboxylic acids is 3. The van der Waals surface area contributed by atoms with Crippen LogP contribution in [0.4, 0.5) is 0 Å². The number of esters is 2. The van der Waals surface area contributed by atoms with Gasteiger partial charge in [-0.3, -0.25) is 54.3 Å². The molecule has 3 aromatic carbocycles. The van der Waals surface area contributed by atoms with E-state index in [4.69, 9.17) is 61.3 Å². The molecule has 27 nitrogen and oxygen atoms in total. The molecule has 6 rings (SSSR count). The van der Waals surface area contributed by atoms with E-state index in [9.17, 15) is 52.7 Å². The standard InChI is InChI=1S/3C7H6O5.3C4H5NO2.C4H6O3/c3*8-4-1-3(7(11)12)2-5(9)6(4)10;3*6-3-1-2-4(7)5-3;1-3(5)7-4(2)6/h3*1-2,8-10H,(H,11,12);3*1-2H2,(H,5,6,7);1-2H3. The van der Waals surface area contributed by atoms with E-state index in [-0.39, 0.29) is 52.1 Å². The Labute approximate surface area is 357 Å². The zero-order chi connectivity index (χ0) is 49.6. The lowest BCUT2D eigenvalue weighted by atomic mass is 10.2. The lowest BCUT2D eigenvalue weighted by Crippen LogP contribution is -2.18. The molecule has 0 aliphatic carbocycles. The van der Waals surface area contributed by atoms with Crippen LogP contribution in [-0.4, -0.2) is 127 Å². The number of ether oxygens (including phenoxy) is 1. The van der Waals surface area contributed by atoms with E-state index >= 15 is 0 Å². The van der Waals surface area contributed by atoms with Crippen molar-refractivity contribution in [3.8, 4) is 51.7 Å². The fourth-order valence-electron chi connectivity index (χ4n) is 3.91. The first-order valence-electron chi connectivity index (χ1n) is 17.2. The maximum Gasteiger partial charge on any atom is 0.335 e. The highest BCUT2D eigenvalue weighted by molar-refractivity contribution is 6.02. The molecule has 346 valence electrons. The summed E-state index contributed by atoms with van der Waals surface area (Å²) < 4.78 is 3.97. The smallest absolute Gasteiger partial charge is 0.335 e. The number of imide groups is 3. The van der Waals surface area contributed by atoms with Gasteiger partial charge < -0.3 is 66.0 Å². The first-order chi connectivity index (χ1) is 29.5. The molecule has 0 aromatic heterocycles. The zero-order valence-corrected chi connectivity index (χ0v) is 33.0. The summed E-state index contributed by atoms with van der Waals surface area (Å²) in [6.45, 7) is 2.36. The van der Waals surface area contributed by atoms with Crippen LogP contribution in [0, 0.1) is 0 Å². The van der Waals surface area contributed by atoms with Crippen LogP contribution in [0.3, 0.4) is 0 Å². The minimum Gasteiger partial charge on any atom is -0.504 e. The van der Waals surface area contributed by atoms with Gasteiger partial charge in [-0.2, -0.15) is 0 Å². The largest absolute Gasteiger partial charge is 0.504 e. The predicted octanol–water partition coefficient (Wildman–Crippen LogP) is -0.130. The van der Waals surface area contributed by atoms with Crippen molar-refractivity contribution in [1.82, 2.24) is 16.0 Å². The van der Waals surface area contributed by atoms with Gasteiger partial charge in [0.25, 0.3) is 0 Å². The van der Waals surface area contributed by atoms with E-state index in [1.54, 1.807) is 0 Å². The Balaban J connectivity index is 0.000000735. The second-order valence-corrected chi connectivity index (χ2v) is 12.0. The molecule has 0 radical (unpaired) electrons. The first-order valence-corrected chi connectivity index (χ1v) is 17.2. The van der Waals surface area contributed by atoms with E-state index in [1.165, 1.54) is 13.8 Å². The highest BCUT2D eigenvalue weighted by Gasteiger charge is 2.18. The molecule has 0 saturated carbocycles. The van der Waals surface area contributed by atoms with E-state index < -0.39 is 81.6 Å².